The predicted molar refractivity (Wildman–Crippen MR) is 499 cm³/mol. The highest BCUT2D eigenvalue weighted by atomic mass is 35.5. The van der Waals surface area contributed by atoms with Crippen molar-refractivity contribution in [1.29, 1.82) is 0 Å². The van der Waals surface area contributed by atoms with Crippen molar-refractivity contribution in [3.8, 4) is 55.6 Å². The molecule has 33 heteroatoms. The van der Waals surface area contributed by atoms with Gasteiger partial charge < -0.3 is 25.2 Å². The van der Waals surface area contributed by atoms with Crippen LogP contribution in [0.5, 0.6) is 0 Å². The number of nitrogens with zero attached hydrogens (tertiary/aromatic N) is 10. The van der Waals surface area contributed by atoms with Gasteiger partial charge in [0, 0.05) is 89.0 Å². The molecule has 0 spiro atoms. The van der Waals surface area contributed by atoms with Crippen molar-refractivity contribution in [2.45, 2.75) is 190 Å². The molecule has 0 amide bonds. The number of benzene rings is 5. The molecule has 15 aromatic rings. The van der Waals surface area contributed by atoms with E-state index < -0.39 is 23.5 Å². The molecular formula is C93H100Cl5N15O13. The fourth-order valence-electron chi connectivity index (χ4n) is 16.1. The van der Waals surface area contributed by atoms with Crippen molar-refractivity contribution >= 4 is 132 Å². The van der Waals surface area contributed by atoms with Crippen molar-refractivity contribution in [2.75, 3.05) is 7.11 Å². The van der Waals surface area contributed by atoms with E-state index in [1.54, 1.807) is 104 Å². The van der Waals surface area contributed by atoms with Crippen molar-refractivity contribution < 1.29 is 39.5 Å². The topological polar surface area (TPSA) is 395 Å². The van der Waals surface area contributed by atoms with Gasteiger partial charge in [-0.3, -0.25) is 47.8 Å². The minimum absolute atomic E-state index is 0.00271. The van der Waals surface area contributed by atoms with E-state index >= 15 is 0 Å². The number of fused-ring (bicyclic) bond motifs is 5. The molecule has 0 saturated carbocycles. The molecule has 0 fully saturated rings. The third kappa shape index (κ3) is 19.5. The Balaban J connectivity index is 0.000000153. The summed E-state index contributed by atoms with van der Waals surface area (Å²) in [6, 6.07) is 35.4. The van der Waals surface area contributed by atoms with Crippen LogP contribution in [0.3, 0.4) is 0 Å². The number of rotatable bonds is 25. The summed E-state index contributed by atoms with van der Waals surface area (Å²) in [6.45, 7) is 23.8. The average Bonchev–Trinajstić information content (AvgIpc) is 1.59. The standard InChI is InChI=1S/C20H24ClN3O2.C19H20ClN3O3.2C18H18ClN3O3.C18H20ClN3O2/c1-5-14(6-2)24-17-16(15(21)11-22-18(17)23-19(24)25)12-7-9-13(10-8-12)20(3,4)26;1-4-13(5-2)23-16-15(14(20)10-21-17(16)22-19(23)25)11-7-6-8-12(9-11)18(24)26-3;1-3-12(4-2)22-15-14(10-6-5-7-11(8-10)17(23)24)13(19)9-20-16(15)21-18(22)25;1-3-10(4-2)22-15-14(11-7-5-6-8-12(11)17(23)24)13(19)9-20-16(15)21-18(22)25;1-3-13(4-2)22-16-15(12-7-5-11(10-23)6-8-12)14(19)9-20-17(16)21-18(22)24/h7-11,14,26H,5-6H2,1-4H3,(H,22,23,25);6-10,13H,4-5H2,1-3H3,(H,21,22,25);5-9,12H,3-4H2,1-2H3,(H,23,24)(H,20,21,25);5-10H,3-4H2,1-2H3,(H,23,24)(H,20,21,25);5-9,13,23H,3-4,10H2,1-2H3,(H,20,21,24). The number of methoxy groups -OCH3 is 1. The van der Waals surface area contributed by atoms with Gasteiger partial charge in [0.15, 0.2) is 28.2 Å². The fraction of sp³-hybridized carbons (Fsp3) is 0.323. The van der Waals surface area contributed by atoms with Gasteiger partial charge in [-0.1, -0.05) is 218 Å². The number of nitrogens with one attached hydrogen (secondary N) is 5. The molecule has 10 aromatic heterocycles. The molecule has 10 heterocycles. The van der Waals surface area contributed by atoms with E-state index in [9.17, 15) is 58.8 Å². The molecular weight excluding hydrogens is 1710 g/mol. The number of esters is 1. The lowest BCUT2D eigenvalue weighted by Crippen LogP contribution is -2.21. The summed E-state index contributed by atoms with van der Waals surface area (Å²) >= 11 is 32.2. The Labute approximate surface area is 749 Å². The highest BCUT2D eigenvalue weighted by Crippen LogP contribution is 2.43. The first kappa shape index (κ1) is 94.7. The highest BCUT2D eigenvalue weighted by molar-refractivity contribution is 6.37. The third-order valence-electron chi connectivity index (χ3n) is 22.7. The number of aromatic nitrogens is 15. The van der Waals surface area contributed by atoms with Crippen LogP contribution in [0.1, 0.15) is 220 Å². The van der Waals surface area contributed by atoms with Crippen molar-refractivity contribution in [1.82, 2.24) is 72.7 Å². The molecule has 0 aliphatic carbocycles. The lowest BCUT2D eigenvalue weighted by atomic mass is 9.95. The van der Waals surface area contributed by atoms with E-state index in [1.807, 2.05) is 96.1 Å². The molecule has 0 bridgehead atoms. The lowest BCUT2D eigenvalue weighted by molar-refractivity contribution is 0.0598. The molecule has 126 heavy (non-hydrogen) atoms. The number of H-pyrrole nitrogens is 5. The number of imidazole rings is 5. The van der Waals surface area contributed by atoms with Gasteiger partial charge in [0.05, 0.1) is 88.7 Å². The number of aliphatic hydroxyl groups is 2. The van der Waals surface area contributed by atoms with Gasteiger partial charge in [0.1, 0.15) is 0 Å². The maximum Gasteiger partial charge on any atom is 0.337 e. The van der Waals surface area contributed by atoms with Gasteiger partial charge in [-0.25, -0.2) is 63.3 Å². The van der Waals surface area contributed by atoms with Crippen molar-refractivity contribution in [2.24, 2.45) is 0 Å². The molecule has 15 rings (SSSR count). The van der Waals surface area contributed by atoms with Crippen LogP contribution in [0.4, 0.5) is 0 Å². The summed E-state index contributed by atoms with van der Waals surface area (Å²) in [5.74, 6) is -2.50. The van der Waals surface area contributed by atoms with Crippen LogP contribution >= 0.6 is 58.0 Å². The zero-order valence-electron chi connectivity index (χ0n) is 71.9. The molecule has 5 aromatic carbocycles. The second kappa shape index (κ2) is 41.4. The molecule has 0 aliphatic rings. The molecule has 0 aliphatic heterocycles. The van der Waals surface area contributed by atoms with E-state index in [2.05, 4.69) is 77.5 Å². The van der Waals surface area contributed by atoms with Crippen LogP contribution in [-0.4, -0.2) is 118 Å². The van der Waals surface area contributed by atoms with Crippen LogP contribution in [0.15, 0.2) is 176 Å². The third-order valence-corrected chi connectivity index (χ3v) is 24.1. The van der Waals surface area contributed by atoms with E-state index in [4.69, 9.17) is 62.7 Å². The number of carboxylic acid groups (broad SMARTS) is 2. The minimum Gasteiger partial charge on any atom is -0.478 e. The number of carbonyl (C=O) groups is 3. The molecule has 0 radical (unpaired) electrons. The van der Waals surface area contributed by atoms with Gasteiger partial charge in [-0.2, -0.15) is 0 Å². The number of carboxylic acids is 2. The highest BCUT2D eigenvalue weighted by Gasteiger charge is 2.29. The van der Waals surface area contributed by atoms with E-state index in [0.29, 0.717) is 103 Å². The van der Waals surface area contributed by atoms with Crippen LogP contribution < -0.4 is 28.4 Å². The minimum atomic E-state index is -1.05. The zero-order valence-corrected chi connectivity index (χ0v) is 75.7. The SMILES string of the molecule is CCC(CC)n1c(=O)[nH]c2ncc(Cl)c(-c3ccc(C(C)(C)O)cc3)c21.CCC(CC)n1c(=O)[nH]c2ncc(Cl)c(-c3ccc(CO)cc3)c21.CCC(CC)n1c(=O)[nH]c2ncc(Cl)c(-c3cccc(C(=O)O)c3)c21.CCC(CC)n1c(=O)[nH]c2ncc(Cl)c(-c3cccc(C(=O)OC)c3)c21.CCC(CC)n1c(=O)[nH]c2ncc(Cl)c(-c3ccccc3C(=O)O)c21. The molecule has 660 valence electrons. The Morgan fingerprint density at radius 2 is 0.667 bits per heavy atom. The van der Waals surface area contributed by atoms with Gasteiger partial charge in [-0.15, -0.1) is 0 Å². The van der Waals surface area contributed by atoms with Gasteiger partial charge in [-0.05, 0) is 147 Å². The van der Waals surface area contributed by atoms with E-state index in [0.717, 1.165) is 114 Å². The number of carbonyl (C=O) groups excluding carboxylic acids is 1. The second-order valence-electron chi connectivity index (χ2n) is 30.5. The number of aromatic amines is 5. The number of aliphatic hydroxyl groups excluding tert-OH is 1. The molecule has 28 nitrogen and oxygen atoms in total. The number of hydrogen-bond acceptors (Lipinski definition) is 16. The number of pyridine rings is 5. The van der Waals surface area contributed by atoms with Crippen LogP contribution in [0, 0.1) is 0 Å². The fourth-order valence-corrected chi connectivity index (χ4v) is 17.4. The Hall–Kier alpha value is -12.0. The summed E-state index contributed by atoms with van der Waals surface area (Å²) < 4.78 is 13.4. The van der Waals surface area contributed by atoms with Gasteiger partial charge >= 0.3 is 46.4 Å². The first-order valence-corrected chi connectivity index (χ1v) is 43.6. The average molecular weight is 1810 g/mol. The van der Waals surface area contributed by atoms with E-state index in [-0.39, 0.29) is 76.4 Å². The summed E-state index contributed by atoms with van der Waals surface area (Å²) in [7, 11) is 1.34. The quantitative estimate of drug-likeness (QED) is 0.0240. The Morgan fingerprint density at radius 3 is 0.960 bits per heavy atom. The van der Waals surface area contributed by atoms with Gasteiger partial charge in [0.2, 0.25) is 0 Å². The molecule has 0 unspecified atom stereocenters. The predicted octanol–water partition coefficient (Wildman–Crippen LogP) is 20.9. The van der Waals surface area contributed by atoms with Gasteiger partial charge in [0.25, 0.3) is 0 Å². The normalized spacial score (nSPS) is 11.6. The first-order chi connectivity index (χ1) is 60.3. The monoisotopic (exact) mass is 1810 g/mol. The summed E-state index contributed by atoms with van der Waals surface area (Å²) in [5, 5.41) is 40.3. The number of hydrogen-bond donors (Lipinski definition) is 9. The van der Waals surface area contributed by atoms with Crippen LogP contribution in [0.25, 0.3) is 111 Å². The maximum atomic E-state index is 12.6. The Kier molecular flexibility index (Phi) is 31.1. The molecule has 0 saturated heterocycles. The summed E-state index contributed by atoms with van der Waals surface area (Å²) in [5.41, 5.74) is 13.0. The summed E-state index contributed by atoms with van der Waals surface area (Å²) in [4.78, 5) is 133. The Bertz CT molecular complexity index is 6790. The lowest BCUT2D eigenvalue weighted by Gasteiger charge is -2.19. The van der Waals surface area contributed by atoms with Crippen molar-refractivity contribution in [3.05, 3.63) is 258 Å². The molecule has 0 atom stereocenters. The van der Waals surface area contributed by atoms with Crippen molar-refractivity contribution in [3.63, 3.8) is 0 Å². The zero-order chi connectivity index (χ0) is 91.4. The molecule has 9 N–H and O–H groups in total. The number of ether oxygens (including phenoxy) is 1. The largest absolute Gasteiger partial charge is 0.478 e. The summed E-state index contributed by atoms with van der Waals surface area (Å²) in [6.07, 6.45) is 15.6. The second-order valence-corrected chi connectivity index (χ2v) is 32.6. The smallest absolute Gasteiger partial charge is 0.337 e. The van der Waals surface area contributed by atoms with Crippen LogP contribution in [-0.2, 0) is 16.9 Å². The maximum absolute atomic E-state index is 12.6. The number of halogens is 5. The van der Waals surface area contributed by atoms with E-state index in [1.165, 1.54) is 37.8 Å². The number of aromatic carboxylic acids is 2. The Morgan fingerprint density at radius 1 is 0.381 bits per heavy atom. The van der Waals surface area contributed by atoms with Crippen LogP contribution in [0.2, 0.25) is 25.1 Å². The first-order valence-electron chi connectivity index (χ1n) is 41.7.